The van der Waals surface area contributed by atoms with E-state index in [1.807, 2.05) is 6.07 Å². The Bertz CT molecular complexity index is 288. The average Bonchev–Trinajstić information content (AvgIpc) is 2.05. The lowest BCUT2D eigenvalue weighted by molar-refractivity contribution is -0.107. The highest BCUT2D eigenvalue weighted by atomic mass is 79.9. The van der Waals surface area contributed by atoms with Gasteiger partial charge in [-0.3, -0.25) is 0 Å². The minimum atomic E-state index is 0.385. The van der Waals surface area contributed by atoms with E-state index in [4.69, 9.17) is 4.74 Å². The van der Waals surface area contributed by atoms with E-state index in [-0.39, 0.29) is 0 Å². The summed E-state index contributed by atoms with van der Waals surface area (Å²) in [6.07, 6.45) is 2.85. The van der Waals surface area contributed by atoms with Crippen LogP contribution in [0.1, 0.15) is 5.56 Å². The molecule has 12 heavy (non-hydrogen) atoms. The average molecular weight is 230 g/mol. The van der Waals surface area contributed by atoms with Gasteiger partial charge in [0.05, 0.1) is 11.6 Å². The van der Waals surface area contributed by atoms with Gasteiger partial charge in [-0.05, 0) is 27.6 Å². The summed E-state index contributed by atoms with van der Waals surface area (Å²) in [5, 5.41) is 0. The number of nitrogens with zero attached hydrogens (tertiary/aromatic N) is 1. The Balaban J connectivity index is 2.93. The minimum Gasteiger partial charge on any atom is -0.480 e. The summed E-state index contributed by atoms with van der Waals surface area (Å²) in [6.45, 7) is 0. The van der Waals surface area contributed by atoms with E-state index in [1.54, 1.807) is 13.3 Å². The summed E-state index contributed by atoms with van der Waals surface area (Å²) in [4.78, 5) is 14.2. The van der Waals surface area contributed by atoms with Crippen LogP contribution in [0.3, 0.4) is 0 Å². The fourth-order valence-electron chi connectivity index (χ4n) is 0.823. The summed E-state index contributed by atoms with van der Waals surface area (Å²) in [7, 11) is 1.55. The smallest absolute Gasteiger partial charge is 0.227 e. The predicted molar refractivity (Wildman–Crippen MR) is 48.3 cm³/mol. The SMILES string of the molecule is COc1ncc(CC=O)cc1Br. The molecule has 4 heteroatoms. The molecule has 64 valence electrons. The molecule has 0 fully saturated rings. The van der Waals surface area contributed by atoms with E-state index in [0.717, 1.165) is 16.3 Å². The van der Waals surface area contributed by atoms with Crippen molar-refractivity contribution in [2.45, 2.75) is 6.42 Å². The lowest BCUT2D eigenvalue weighted by Crippen LogP contribution is -1.92. The molecule has 1 aromatic rings. The Hall–Kier alpha value is -0.900. The lowest BCUT2D eigenvalue weighted by Gasteiger charge is -2.02. The Morgan fingerprint density at radius 1 is 1.75 bits per heavy atom. The molecule has 0 aliphatic carbocycles. The third kappa shape index (κ3) is 2.04. The summed E-state index contributed by atoms with van der Waals surface area (Å²) in [5.41, 5.74) is 0.873. The van der Waals surface area contributed by atoms with Crippen LogP contribution in [0, 0.1) is 0 Å². The molecule has 0 aliphatic rings. The van der Waals surface area contributed by atoms with Crippen LogP contribution in [0.5, 0.6) is 5.88 Å². The zero-order valence-electron chi connectivity index (χ0n) is 6.58. The third-order valence-electron chi connectivity index (χ3n) is 1.38. The first-order valence-corrected chi connectivity index (χ1v) is 4.19. The van der Waals surface area contributed by atoms with Gasteiger partial charge in [-0.25, -0.2) is 4.98 Å². The maximum Gasteiger partial charge on any atom is 0.227 e. The minimum absolute atomic E-state index is 0.385. The van der Waals surface area contributed by atoms with E-state index in [0.29, 0.717) is 12.3 Å². The summed E-state index contributed by atoms with van der Waals surface area (Å²) < 4.78 is 5.70. The van der Waals surface area contributed by atoms with Gasteiger partial charge in [-0.2, -0.15) is 0 Å². The number of aldehydes is 1. The highest BCUT2D eigenvalue weighted by molar-refractivity contribution is 9.10. The zero-order chi connectivity index (χ0) is 8.97. The lowest BCUT2D eigenvalue weighted by atomic mass is 10.2. The largest absolute Gasteiger partial charge is 0.480 e. The number of carbonyl (C=O) groups excluding carboxylic acids is 1. The van der Waals surface area contributed by atoms with E-state index in [9.17, 15) is 4.79 Å². The maximum atomic E-state index is 10.2. The van der Waals surface area contributed by atoms with Crippen LogP contribution in [0.15, 0.2) is 16.7 Å². The molecule has 0 N–H and O–H groups in total. The number of pyridine rings is 1. The second-order valence-electron chi connectivity index (χ2n) is 2.21. The fraction of sp³-hybridized carbons (Fsp3) is 0.250. The molecule has 1 aromatic heterocycles. The Morgan fingerprint density at radius 3 is 3.00 bits per heavy atom. The molecular weight excluding hydrogens is 222 g/mol. The van der Waals surface area contributed by atoms with Gasteiger partial charge in [0.2, 0.25) is 5.88 Å². The van der Waals surface area contributed by atoms with Gasteiger partial charge >= 0.3 is 0 Å². The van der Waals surface area contributed by atoms with Crippen molar-refractivity contribution in [3.63, 3.8) is 0 Å². The van der Waals surface area contributed by atoms with Crippen LogP contribution >= 0.6 is 15.9 Å². The van der Waals surface area contributed by atoms with Crippen LogP contribution in [-0.4, -0.2) is 18.4 Å². The van der Waals surface area contributed by atoms with Crippen molar-refractivity contribution < 1.29 is 9.53 Å². The van der Waals surface area contributed by atoms with Crippen molar-refractivity contribution in [2.24, 2.45) is 0 Å². The Labute approximate surface area is 78.9 Å². The number of hydrogen-bond acceptors (Lipinski definition) is 3. The van der Waals surface area contributed by atoms with Crippen molar-refractivity contribution in [2.75, 3.05) is 7.11 Å². The van der Waals surface area contributed by atoms with E-state index in [1.165, 1.54) is 0 Å². The molecule has 0 bridgehead atoms. The Morgan fingerprint density at radius 2 is 2.50 bits per heavy atom. The molecule has 0 radical (unpaired) electrons. The molecule has 0 unspecified atom stereocenters. The van der Waals surface area contributed by atoms with Crippen LogP contribution in [0.2, 0.25) is 0 Å². The molecule has 0 saturated carbocycles. The Kier molecular flexibility index (Phi) is 3.22. The fourth-order valence-corrected chi connectivity index (χ4v) is 1.38. The van der Waals surface area contributed by atoms with Crippen LogP contribution in [0.4, 0.5) is 0 Å². The highest BCUT2D eigenvalue weighted by Crippen LogP contribution is 2.22. The molecule has 0 aliphatic heterocycles. The first kappa shape index (κ1) is 9.19. The van der Waals surface area contributed by atoms with E-state index >= 15 is 0 Å². The number of carbonyl (C=O) groups is 1. The third-order valence-corrected chi connectivity index (χ3v) is 1.94. The summed E-state index contributed by atoms with van der Waals surface area (Å²) >= 11 is 3.27. The summed E-state index contributed by atoms with van der Waals surface area (Å²) in [6, 6.07) is 1.82. The topological polar surface area (TPSA) is 39.2 Å². The van der Waals surface area contributed by atoms with Crippen molar-refractivity contribution in [1.82, 2.24) is 4.98 Å². The second-order valence-corrected chi connectivity index (χ2v) is 3.06. The number of methoxy groups -OCH3 is 1. The molecule has 1 rings (SSSR count). The first-order valence-electron chi connectivity index (χ1n) is 3.40. The molecular formula is C8H8BrNO2. The molecule has 0 spiro atoms. The normalized spacial score (nSPS) is 9.50. The van der Waals surface area contributed by atoms with Crippen molar-refractivity contribution in [3.05, 3.63) is 22.3 Å². The first-order chi connectivity index (χ1) is 5.77. The predicted octanol–water partition coefficient (Wildman–Crippen LogP) is 1.59. The van der Waals surface area contributed by atoms with Gasteiger partial charge < -0.3 is 9.53 Å². The number of rotatable bonds is 3. The van der Waals surface area contributed by atoms with E-state index in [2.05, 4.69) is 20.9 Å². The molecule has 0 saturated heterocycles. The van der Waals surface area contributed by atoms with Gasteiger partial charge in [-0.1, -0.05) is 0 Å². The highest BCUT2D eigenvalue weighted by Gasteiger charge is 2.01. The van der Waals surface area contributed by atoms with Gasteiger partial charge in [0, 0.05) is 12.6 Å². The molecule has 0 atom stereocenters. The summed E-state index contributed by atoms with van der Waals surface area (Å²) in [5.74, 6) is 0.532. The molecule has 0 aromatic carbocycles. The quantitative estimate of drug-likeness (QED) is 0.740. The molecule has 0 amide bonds. The molecule has 3 nitrogen and oxygen atoms in total. The number of hydrogen-bond donors (Lipinski definition) is 0. The van der Waals surface area contributed by atoms with Crippen molar-refractivity contribution in [1.29, 1.82) is 0 Å². The zero-order valence-corrected chi connectivity index (χ0v) is 8.17. The number of halogens is 1. The van der Waals surface area contributed by atoms with Crippen molar-refractivity contribution in [3.8, 4) is 5.88 Å². The van der Waals surface area contributed by atoms with Gasteiger partial charge in [0.25, 0.3) is 0 Å². The van der Waals surface area contributed by atoms with E-state index < -0.39 is 0 Å². The van der Waals surface area contributed by atoms with Crippen LogP contribution in [-0.2, 0) is 11.2 Å². The maximum absolute atomic E-state index is 10.2. The van der Waals surface area contributed by atoms with Crippen molar-refractivity contribution >= 4 is 22.2 Å². The van der Waals surface area contributed by atoms with Crippen LogP contribution < -0.4 is 4.74 Å². The monoisotopic (exact) mass is 229 g/mol. The van der Waals surface area contributed by atoms with Crippen LogP contribution in [0.25, 0.3) is 0 Å². The van der Waals surface area contributed by atoms with Gasteiger partial charge in [0.15, 0.2) is 0 Å². The number of ether oxygens (including phenoxy) is 1. The van der Waals surface area contributed by atoms with Gasteiger partial charge in [-0.15, -0.1) is 0 Å². The second kappa shape index (κ2) is 4.21. The molecule has 1 heterocycles. The standard InChI is InChI=1S/C8H8BrNO2/c1-12-8-7(9)4-6(2-3-11)5-10-8/h3-5H,2H2,1H3. The number of aromatic nitrogens is 1. The van der Waals surface area contributed by atoms with Gasteiger partial charge in [0.1, 0.15) is 6.29 Å².